The van der Waals surface area contributed by atoms with E-state index in [1.165, 1.54) is 73.0 Å². The molecule has 3 aliphatic rings. The molecule has 124 heavy (non-hydrogen) atoms. The molecule has 0 saturated carbocycles. The first-order chi connectivity index (χ1) is 60.0. The van der Waals surface area contributed by atoms with Crippen LogP contribution in [0.3, 0.4) is 0 Å². The lowest BCUT2D eigenvalue weighted by molar-refractivity contribution is -0.137. The first-order valence-corrected chi connectivity index (χ1v) is 40.3. The van der Waals surface area contributed by atoms with Crippen LogP contribution in [0.25, 0.3) is 43.5 Å². The van der Waals surface area contributed by atoms with E-state index in [0.717, 1.165) is 33.2 Å². The van der Waals surface area contributed by atoms with Gasteiger partial charge < -0.3 is 54.4 Å². The van der Waals surface area contributed by atoms with Gasteiger partial charge in [0, 0.05) is 136 Å². The molecule has 17 rings (SSSR count). The largest absolute Gasteiger partial charge is 0.487 e. The van der Waals surface area contributed by atoms with Crippen molar-refractivity contribution in [3.8, 4) is 5.75 Å². The number of carbonyl (C=O) groups is 9. The molecule has 6 amide bonds. The quantitative estimate of drug-likeness (QED) is 0.0351. The molecule has 11 heterocycles. The normalized spacial score (nSPS) is 16.6. The zero-order valence-corrected chi connectivity index (χ0v) is 68.6. The van der Waals surface area contributed by atoms with Crippen LogP contribution in [0.4, 0.5) is 53.4 Å². The Morgan fingerprint density at radius 1 is 0.411 bits per heavy atom. The summed E-state index contributed by atoms with van der Waals surface area (Å²) in [7, 11) is 0. The van der Waals surface area contributed by atoms with Gasteiger partial charge in [-0.25, -0.2) is 58.0 Å². The molecule has 0 spiro atoms. The summed E-state index contributed by atoms with van der Waals surface area (Å²) in [5.41, 5.74) is 9.67. The molecule has 0 radical (unpaired) electrons. The summed E-state index contributed by atoms with van der Waals surface area (Å²) in [4.78, 5) is 157. The number of likely N-dealkylation sites (tertiary alicyclic amines) is 3. The fourth-order valence-electron chi connectivity index (χ4n) is 15.3. The summed E-state index contributed by atoms with van der Waals surface area (Å²) in [5.74, 6) is -2.41. The van der Waals surface area contributed by atoms with Crippen LogP contribution in [0.5, 0.6) is 5.75 Å². The fourth-order valence-corrected chi connectivity index (χ4v) is 15.5. The van der Waals surface area contributed by atoms with Crippen molar-refractivity contribution in [3.63, 3.8) is 0 Å². The molecular formula is C90H80BrF3N20O10. The number of aromatic nitrogens is 12. The Bertz CT molecular complexity index is 6340. The second-order valence-electron chi connectivity index (χ2n) is 30.0. The summed E-state index contributed by atoms with van der Waals surface area (Å²) in [6, 6.07) is 39.9. The van der Waals surface area contributed by atoms with Gasteiger partial charge in [-0.2, -0.15) is 0 Å². The smallest absolute Gasteiger partial charge is 0.249 e. The fraction of sp³-hybridized carbons (Fsp3) is 0.222. The van der Waals surface area contributed by atoms with Crippen LogP contribution in [-0.4, -0.2) is 182 Å². The lowest BCUT2D eigenvalue weighted by atomic mass is 10.0. The molecule has 6 atom stereocenters. The third kappa shape index (κ3) is 20.1. The number of halogens is 4. The zero-order valence-electron chi connectivity index (χ0n) is 67.0. The van der Waals surface area contributed by atoms with E-state index >= 15 is 0 Å². The van der Waals surface area contributed by atoms with Crippen molar-refractivity contribution in [2.75, 3.05) is 46.2 Å². The van der Waals surface area contributed by atoms with Gasteiger partial charge >= 0.3 is 0 Å². The maximum absolute atomic E-state index is 14.6. The van der Waals surface area contributed by atoms with Crippen LogP contribution in [0.2, 0.25) is 0 Å². The summed E-state index contributed by atoms with van der Waals surface area (Å²) in [5, 5.41) is 18.5. The Labute approximate surface area is 714 Å². The number of anilines is 7. The number of nitrogens with zero attached hydrogens (tertiary/aromatic N) is 15. The van der Waals surface area contributed by atoms with Crippen LogP contribution in [0.1, 0.15) is 87.8 Å². The van der Waals surface area contributed by atoms with Gasteiger partial charge in [-0.15, -0.1) is 0 Å². The topological polar surface area (TPSA) is 364 Å². The van der Waals surface area contributed by atoms with E-state index in [1.54, 1.807) is 93.7 Å². The standard InChI is InChI=1S/C33H30FN7O4.C31H27FN6O3.C26H23BrFN7O3/c1-21(42)28-17-40(29-9-7-24(12-27(28)29)38-25-13-35-20-36-14-25)18-32(43)41-16-23(34)11-30(41)33(44)39-31-10-8-26(15-37-31)45-19-22-5-3-2-4-6-22;1-19(39)27-16-37(28-9-8-24(12-26(27)28)35-25-13-33-18-34-14-25)17-30(40)38-15-22(32)11-29(38)31(41)36-23-7-6-20-4-2-3-5-21(20)10-23;1-15(36)21-12-34(22-3-2-16(5-20(21)22)4-17-7-29-14-30-8-17)13-24(37)35-11-19(28)6-23(35)25(38)33-26-31-9-18(27)10-32-26/h2-10,12-15,17,20,23,30,38H,11,16,18-19H2,1H3,(H,37,39,44);2-10,12-14,16,18,22,29,35H,11,15,17H2,1H3,(H,36,41);2-3,5,7-10,12,14,19,23H,4,6,11,13H2,1H3,(H,31,32,33,38)/t23-,30+;22-,29+;19-,23+/m111/s1. The minimum absolute atomic E-state index is 0.0632. The molecule has 5 N–H and O–H groups in total. The number of pyridine rings is 1. The number of ketones is 3. The van der Waals surface area contributed by atoms with E-state index in [0.29, 0.717) is 95.4 Å². The second kappa shape index (κ2) is 37.9. The van der Waals surface area contributed by atoms with Crippen LogP contribution in [0.15, 0.2) is 237 Å². The summed E-state index contributed by atoms with van der Waals surface area (Å²) < 4.78 is 55.0. The number of hydrogen-bond acceptors (Lipinski definition) is 21. The van der Waals surface area contributed by atoms with E-state index in [2.05, 4.69) is 87.4 Å². The third-order valence-corrected chi connectivity index (χ3v) is 21.6. The molecule has 30 nitrogen and oxygen atoms in total. The maximum Gasteiger partial charge on any atom is 0.249 e. The van der Waals surface area contributed by atoms with Crippen LogP contribution >= 0.6 is 15.9 Å². The van der Waals surface area contributed by atoms with E-state index in [-0.39, 0.29) is 87.6 Å². The Hall–Kier alpha value is -14.8. The number of fused-ring (bicyclic) bond motifs is 4. The van der Waals surface area contributed by atoms with Gasteiger partial charge in [0.2, 0.25) is 41.4 Å². The number of amides is 6. The SMILES string of the molecule is CC(=O)c1cn(CC(=O)N2C[C@H](F)C[C@H]2C(=O)Nc2ccc(OCc3ccccc3)cn2)c2ccc(Nc3cncnc3)cc12.CC(=O)c1cn(CC(=O)N2C[C@H](F)C[C@H]2C(=O)Nc2ccc3ccccc3c2)c2ccc(Nc3cncnc3)cc12.CC(=O)c1cn(CC(=O)N2C[C@H](F)C[C@H]2C(=O)Nc2ncc(Br)cn2)c2ccc(Cc3cncnc3)cc12. The van der Waals surface area contributed by atoms with Gasteiger partial charge in [0.15, 0.2) is 17.3 Å². The highest BCUT2D eigenvalue weighted by Gasteiger charge is 2.43. The van der Waals surface area contributed by atoms with Gasteiger partial charge in [-0.3, -0.25) is 48.5 Å². The molecule has 628 valence electrons. The van der Waals surface area contributed by atoms with Crippen LogP contribution < -0.4 is 31.3 Å². The lowest BCUT2D eigenvalue weighted by Crippen LogP contribution is -2.44. The summed E-state index contributed by atoms with van der Waals surface area (Å²) in [6.45, 7) is 3.73. The van der Waals surface area contributed by atoms with Crippen molar-refractivity contribution in [2.24, 2.45) is 0 Å². The Morgan fingerprint density at radius 2 is 0.847 bits per heavy atom. The van der Waals surface area contributed by atoms with Crippen LogP contribution in [-0.2, 0) is 61.4 Å². The molecule has 34 heteroatoms. The van der Waals surface area contributed by atoms with Crippen molar-refractivity contribution in [1.29, 1.82) is 0 Å². The van der Waals surface area contributed by atoms with Crippen molar-refractivity contribution < 1.29 is 61.1 Å². The number of ether oxygens (including phenoxy) is 1. The average Bonchev–Trinajstić information content (AvgIpc) is 1.64. The predicted octanol–water partition coefficient (Wildman–Crippen LogP) is 13.4. The number of benzene rings is 6. The minimum Gasteiger partial charge on any atom is -0.487 e. The Kier molecular flexibility index (Phi) is 25.7. The van der Waals surface area contributed by atoms with Crippen molar-refractivity contribution in [1.82, 2.24) is 73.3 Å². The number of Topliss-reactive ketones (excluding diaryl/α,β-unsaturated/α-hetero) is 3. The minimum atomic E-state index is -1.35. The van der Waals surface area contributed by atoms with Gasteiger partial charge in [0.1, 0.15) is 93.4 Å². The number of rotatable bonds is 24. The first-order valence-electron chi connectivity index (χ1n) is 39.5. The summed E-state index contributed by atoms with van der Waals surface area (Å²) >= 11 is 3.22. The van der Waals surface area contributed by atoms with Crippen molar-refractivity contribution in [2.45, 2.75) is 109 Å². The molecule has 3 saturated heterocycles. The maximum atomic E-state index is 14.6. The highest BCUT2D eigenvalue weighted by molar-refractivity contribution is 9.10. The van der Waals surface area contributed by atoms with E-state index < -0.39 is 72.1 Å². The van der Waals surface area contributed by atoms with Gasteiger partial charge in [0.05, 0.1) is 66.5 Å². The molecule has 0 unspecified atom stereocenters. The van der Waals surface area contributed by atoms with E-state index in [9.17, 15) is 56.3 Å². The predicted molar refractivity (Wildman–Crippen MR) is 461 cm³/mol. The zero-order chi connectivity index (χ0) is 86.7. The Morgan fingerprint density at radius 3 is 1.32 bits per heavy atom. The van der Waals surface area contributed by atoms with Crippen LogP contribution in [0, 0.1) is 0 Å². The second-order valence-corrected chi connectivity index (χ2v) is 30.9. The van der Waals surface area contributed by atoms with E-state index in [4.69, 9.17) is 4.74 Å². The first kappa shape index (κ1) is 84.2. The van der Waals surface area contributed by atoms with E-state index in [1.807, 2.05) is 115 Å². The summed E-state index contributed by atoms with van der Waals surface area (Å²) in [6.07, 6.45) is 19.9. The van der Waals surface area contributed by atoms with Gasteiger partial charge in [0.25, 0.3) is 0 Å². The lowest BCUT2D eigenvalue weighted by Gasteiger charge is -2.24. The average molecular weight is 1740 g/mol. The highest BCUT2D eigenvalue weighted by atomic mass is 79.9. The molecule has 0 aliphatic carbocycles. The van der Waals surface area contributed by atoms with Gasteiger partial charge in [-0.05, 0) is 137 Å². The third-order valence-electron chi connectivity index (χ3n) is 21.2. The molecule has 6 aromatic carbocycles. The number of alkyl halides is 3. The monoisotopic (exact) mass is 1740 g/mol. The van der Waals surface area contributed by atoms with Crippen molar-refractivity contribution in [3.05, 3.63) is 271 Å². The molecule has 3 aliphatic heterocycles. The number of hydrogen-bond donors (Lipinski definition) is 5. The number of nitrogens with one attached hydrogen (secondary N) is 5. The Balaban J connectivity index is 0.000000145. The molecule has 8 aromatic heterocycles. The molecule has 3 fully saturated rings. The molecule has 14 aromatic rings. The van der Waals surface area contributed by atoms with Gasteiger partial charge in [-0.1, -0.05) is 66.7 Å². The van der Waals surface area contributed by atoms with Crippen molar-refractivity contribution >= 4 is 152 Å². The number of carbonyl (C=O) groups excluding carboxylic acids is 9. The molecular weight excluding hydrogens is 1660 g/mol. The highest BCUT2D eigenvalue weighted by Crippen LogP contribution is 2.34. The molecule has 0 bridgehead atoms.